The fourth-order valence-electron chi connectivity index (χ4n) is 3.68. The molecule has 1 saturated heterocycles. The summed E-state index contributed by atoms with van der Waals surface area (Å²) in [6.07, 6.45) is 6.86. The summed E-state index contributed by atoms with van der Waals surface area (Å²) in [6.45, 7) is 7.80. The van der Waals surface area contributed by atoms with Gasteiger partial charge in [0.05, 0.1) is 25.5 Å². The topological polar surface area (TPSA) is 54.7 Å². The van der Waals surface area contributed by atoms with Crippen molar-refractivity contribution in [1.29, 1.82) is 0 Å². The maximum Gasteiger partial charge on any atom is 0.194 e. The van der Waals surface area contributed by atoms with Crippen LogP contribution >= 0.6 is 0 Å². The lowest BCUT2D eigenvalue weighted by Gasteiger charge is -2.39. The summed E-state index contributed by atoms with van der Waals surface area (Å²) in [4.78, 5) is 11.3. The van der Waals surface area contributed by atoms with Gasteiger partial charge in [-0.3, -0.25) is 0 Å². The Morgan fingerprint density at radius 3 is 3.00 bits per heavy atom. The summed E-state index contributed by atoms with van der Waals surface area (Å²) in [6, 6.07) is 5.48. The van der Waals surface area contributed by atoms with E-state index in [2.05, 4.69) is 33.6 Å². The van der Waals surface area contributed by atoms with Crippen LogP contribution in [0.2, 0.25) is 0 Å². The number of halogens is 1. The van der Waals surface area contributed by atoms with Gasteiger partial charge in [0.15, 0.2) is 5.96 Å². The molecule has 1 aromatic heterocycles. The molecule has 1 N–H and O–H groups in total. The summed E-state index contributed by atoms with van der Waals surface area (Å²) in [7, 11) is 1.57. The number of methoxy groups -OCH3 is 1. The molecule has 7 heteroatoms. The molecular formula is C21H30FN5O. The molecule has 6 nitrogen and oxygen atoms in total. The molecular weight excluding hydrogens is 357 g/mol. The van der Waals surface area contributed by atoms with E-state index < -0.39 is 0 Å². The Balaban J connectivity index is 1.74. The third-order valence-corrected chi connectivity index (χ3v) is 5.28. The van der Waals surface area contributed by atoms with Crippen LogP contribution in [0.15, 0.2) is 41.9 Å². The van der Waals surface area contributed by atoms with E-state index in [0.29, 0.717) is 24.1 Å². The number of benzene rings is 1. The predicted octanol–water partition coefficient (Wildman–Crippen LogP) is 3.22. The van der Waals surface area contributed by atoms with E-state index >= 15 is 0 Å². The molecule has 1 aromatic carbocycles. The van der Waals surface area contributed by atoms with Crippen LogP contribution in [0.4, 0.5) is 4.39 Å². The standard InChI is InChI=1S/C21H30FN5O/c1-4-24-21(25-12-17-5-6-19(22)18(11-17)14-28-3)26-9-7-16(2)20(13-26)27-10-8-23-15-27/h5-6,8,10-11,15-16,20H,4,7,9,12-14H2,1-3H3,(H,24,25). The van der Waals surface area contributed by atoms with Crippen LogP contribution in [-0.4, -0.2) is 47.2 Å². The minimum Gasteiger partial charge on any atom is -0.380 e. The van der Waals surface area contributed by atoms with Gasteiger partial charge in [-0.15, -0.1) is 0 Å². The number of hydrogen-bond acceptors (Lipinski definition) is 3. The first-order valence-corrected chi connectivity index (χ1v) is 9.89. The van der Waals surface area contributed by atoms with Gasteiger partial charge >= 0.3 is 0 Å². The van der Waals surface area contributed by atoms with Crippen LogP contribution in [0.5, 0.6) is 0 Å². The third-order valence-electron chi connectivity index (χ3n) is 5.28. The summed E-state index contributed by atoms with van der Waals surface area (Å²) in [5.41, 5.74) is 1.53. The van der Waals surface area contributed by atoms with Crippen molar-refractivity contribution in [2.75, 3.05) is 26.7 Å². The molecule has 0 saturated carbocycles. The lowest BCUT2D eigenvalue weighted by molar-refractivity contribution is 0.181. The largest absolute Gasteiger partial charge is 0.380 e. The summed E-state index contributed by atoms with van der Waals surface area (Å²) in [5.74, 6) is 1.24. The Kier molecular flexibility index (Phi) is 7.03. The molecule has 2 aromatic rings. The van der Waals surface area contributed by atoms with Crippen LogP contribution in [0, 0.1) is 11.7 Å². The number of nitrogens with zero attached hydrogens (tertiary/aromatic N) is 4. The molecule has 0 spiro atoms. The van der Waals surface area contributed by atoms with Crippen molar-refractivity contribution in [2.24, 2.45) is 10.9 Å². The Hall–Kier alpha value is -2.41. The fraction of sp³-hybridized carbons (Fsp3) is 0.524. The van der Waals surface area contributed by atoms with E-state index in [-0.39, 0.29) is 12.4 Å². The van der Waals surface area contributed by atoms with Gasteiger partial charge in [0.25, 0.3) is 0 Å². The lowest BCUT2D eigenvalue weighted by atomic mass is 9.93. The number of imidazole rings is 1. The Bertz CT molecular complexity index is 777. The van der Waals surface area contributed by atoms with Crippen molar-refractivity contribution in [1.82, 2.24) is 19.8 Å². The van der Waals surface area contributed by atoms with Gasteiger partial charge in [-0.05, 0) is 37.0 Å². The second kappa shape index (κ2) is 9.68. The zero-order valence-electron chi connectivity index (χ0n) is 16.9. The van der Waals surface area contributed by atoms with Gasteiger partial charge in [-0.1, -0.05) is 13.0 Å². The molecule has 3 rings (SSSR count). The van der Waals surface area contributed by atoms with Crippen molar-refractivity contribution >= 4 is 5.96 Å². The lowest BCUT2D eigenvalue weighted by Crippen LogP contribution is -2.49. The van der Waals surface area contributed by atoms with Gasteiger partial charge in [0, 0.05) is 44.7 Å². The number of aromatic nitrogens is 2. The summed E-state index contributed by atoms with van der Waals surface area (Å²) >= 11 is 0. The molecule has 0 aliphatic carbocycles. The Morgan fingerprint density at radius 2 is 2.29 bits per heavy atom. The Morgan fingerprint density at radius 1 is 1.43 bits per heavy atom. The van der Waals surface area contributed by atoms with E-state index in [4.69, 9.17) is 9.73 Å². The van der Waals surface area contributed by atoms with Gasteiger partial charge in [0.1, 0.15) is 5.82 Å². The van der Waals surface area contributed by atoms with Crippen molar-refractivity contribution in [3.8, 4) is 0 Å². The smallest absolute Gasteiger partial charge is 0.194 e. The highest BCUT2D eigenvalue weighted by molar-refractivity contribution is 5.80. The highest BCUT2D eigenvalue weighted by Gasteiger charge is 2.28. The minimum absolute atomic E-state index is 0.241. The van der Waals surface area contributed by atoms with E-state index in [1.807, 2.05) is 24.8 Å². The number of nitrogens with one attached hydrogen (secondary N) is 1. The van der Waals surface area contributed by atoms with E-state index in [1.54, 1.807) is 13.2 Å². The number of likely N-dealkylation sites (tertiary alicyclic amines) is 1. The molecule has 1 aliphatic heterocycles. The summed E-state index contributed by atoms with van der Waals surface area (Å²) in [5, 5.41) is 3.41. The average molecular weight is 388 g/mol. The second-order valence-corrected chi connectivity index (χ2v) is 7.32. The number of rotatable bonds is 6. The van der Waals surface area contributed by atoms with Crippen molar-refractivity contribution in [3.63, 3.8) is 0 Å². The summed E-state index contributed by atoms with van der Waals surface area (Å²) < 4.78 is 21.1. The fourth-order valence-corrected chi connectivity index (χ4v) is 3.68. The minimum atomic E-state index is -0.241. The molecule has 2 atom stereocenters. The molecule has 28 heavy (non-hydrogen) atoms. The monoisotopic (exact) mass is 387 g/mol. The van der Waals surface area contributed by atoms with Crippen LogP contribution in [0.1, 0.15) is 37.4 Å². The van der Waals surface area contributed by atoms with Crippen LogP contribution < -0.4 is 5.32 Å². The van der Waals surface area contributed by atoms with E-state index in [9.17, 15) is 4.39 Å². The maximum atomic E-state index is 13.8. The SMILES string of the molecule is CCNC(=NCc1ccc(F)c(COC)c1)N1CCC(C)C(n2ccnc2)C1. The highest BCUT2D eigenvalue weighted by Crippen LogP contribution is 2.27. The van der Waals surface area contributed by atoms with E-state index in [0.717, 1.165) is 37.6 Å². The van der Waals surface area contributed by atoms with Crippen molar-refractivity contribution in [3.05, 3.63) is 53.9 Å². The maximum absolute atomic E-state index is 13.8. The quantitative estimate of drug-likeness (QED) is 0.611. The second-order valence-electron chi connectivity index (χ2n) is 7.32. The zero-order chi connectivity index (χ0) is 19.9. The van der Waals surface area contributed by atoms with Gasteiger partial charge in [0.2, 0.25) is 0 Å². The van der Waals surface area contributed by atoms with Gasteiger partial charge in [-0.2, -0.15) is 0 Å². The van der Waals surface area contributed by atoms with Gasteiger partial charge < -0.3 is 19.5 Å². The predicted molar refractivity (Wildman–Crippen MR) is 109 cm³/mol. The number of piperidine rings is 1. The Labute approximate surface area is 166 Å². The van der Waals surface area contributed by atoms with Crippen LogP contribution in [0.3, 0.4) is 0 Å². The molecule has 1 aliphatic rings. The first-order valence-electron chi connectivity index (χ1n) is 9.89. The van der Waals surface area contributed by atoms with Crippen LogP contribution in [-0.2, 0) is 17.9 Å². The number of aliphatic imine (C=N–C) groups is 1. The number of guanidine groups is 1. The molecule has 0 radical (unpaired) electrons. The van der Waals surface area contributed by atoms with Gasteiger partial charge in [-0.25, -0.2) is 14.4 Å². The van der Waals surface area contributed by atoms with Crippen LogP contribution in [0.25, 0.3) is 0 Å². The normalized spacial score (nSPS) is 20.4. The number of hydrogen-bond donors (Lipinski definition) is 1. The zero-order valence-corrected chi connectivity index (χ0v) is 16.9. The molecule has 152 valence electrons. The molecule has 2 unspecified atom stereocenters. The molecule has 0 amide bonds. The number of ether oxygens (including phenoxy) is 1. The molecule has 2 heterocycles. The first-order chi connectivity index (χ1) is 13.6. The third kappa shape index (κ3) is 4.90. The van der Waals surface area contributed by atoms with Crippen molar-refractivity contribution < 1.29 is 9.13 Å². The average Bonchev–Trinajstić information content (AvgIpc) is 3.23. The molecule has 1 fully saturated rings. The highest BCUT2D eigenvalue weighted by atomic mass is 19.1. The van der Waals surface area contributed by atoms with E-state index in [1.165, 1.54) is 6.07 Å². The van der Waals surface area contributed by atoms with Crippen molar-refractivity contribution in [2.45, 2.75) is 39.5 Å². The first kappa shape index (κ1) is 20.3. The molecule has 0 bridgehead atoms.